The fraction of sp³-hybridized carbons (Fsp3) is 0.250. The van der Waals surface area contributed by atoms with E-state index < -0.39 is 5.97 Å². The first-order valence-electron chi connectivity index (χ1n) is 4.45. The van der Waals surface area contributed by atoms with Crippen LogP contribution in [0.25, 0.3) is 0 Å². The van der Waals surface area contributed by atoms with Crippen molar-refractivity contribution >= 4 is 5.97 Å². The molecule has 0 spiro atoms. The second-order valence-electron chi connectivity index (χ2n) is 2.93. The molecule has 1 rings (SSSR count). The molecule has 14 heavy (non-hydrogen) atoms. The van der Waals surface area contributed by atoms with Crippen molar-refractivity contribution in [1.29, 1.82) is 0 Å². The monoisotopic (exact) mass is 192 g/mol. The molecule has 0 amide bonds. The van der Waals surface area contributed by atoms with E-state index in [-0.39, 0.29) is 0 Å². The number of aryl methyl sites for hydroxylation is 1. The highest BCUT2D eigenvalue weighted by Gasteiger charge is 1.93. The molecule has 0 heterocycles. The maximum Gasteiger partial charge on any atom is 0.330 e. The van der Waals surface area contributed by atoms with Crippen LogP contribution in [-0.4, -0.2) is 11.1 Å². The standard InChI is InChI=1S/C7H8.C5H8O2/c1-7-5-3-2-4-6-7;1-3-4(2)5(6)7/h2-6H,1H3;3H,1-2H3,(H,6,7). The van der Waals surface area contributed by atoms with Gasteiger partial charge in [-0.05, 0) is 20.8 Å². The average Bonchev–Trinajstić information content (AvgIpc) is 2.18. The summed E-state index contributed by atoms with van der Waals surface area (Å²) in [6, 6.07) is 10.3. The maximum atomic E-state index is 9.86. The van der Waals surface area contributed by atoms with Crippen LogP contribution < -0.4 is 0 Å². The highest BCUT2D eigenvalue weighted by molar-refractivity contribution is 5.85. The molecular weight excluding hydrogens is 176 g/mol. The lowest BCUT2D eigenvalue weighted by atomic mass is 10.2. The van der Waals surface area contributed by atoms with Crippen molar-refractivity contribution in [2.75, 3.05) is 0 Å². The largest absolute Gasteiger partial charge is 0.478 e. The smallest absolute Gasteiger partial charge is 0.330 e. The first-order valence-corrected chi connectivity index (χ1v) is 4.45. The summed E-state index contributed by atoms with van der Waals surface area (Å²) < 4.78 is 0. The van der Waals surface area contributed by atoms with E-state index >= 15 is 0 Å². The number of hydrogen-bond acceptors (Lipinski definition) is 1. The van der Waals surface area contributed by atoms with Gasteiger partial charge in [-0.2, -0.15) is 0 Å². The molecule has 0 saturated carbocycles. The molecule has 0 unspecified atom stereocenters. The molecule has 0 aliphatic heterocycles. The Balaban J connectivity index is 0.000000241. The van der Waals surface area contributed by atoms with Gasteiger partial charge in [0.1, 0.15) is 0 Å². The molecular formula is C12H16O2. The van der Waals surface area contributed by atoms with Gasteiger partial charge in [-0.15, -0.1) is 0 Å². The molecule has 1 N–H and O–H groups in total. The lowest BCUT2D eigenvalue weighted by Gasteiger charge is -1.84. The Hall–Kier alpha value is -1.57. The summed E-state index contributed by atoms with van der Waals surface area (Å²) in [6.45, 7) is 5.34. The zero-order valence-corrected chi connectivity index (χ0v) is 8.82. The lowest BCUT2D eigenvalue weighted by Crippen LogP contribution is -1.93. The van der Waals surface area contributed by atoms with Gasteiger partial charge in [0, 0.05) is 5.57 Å². The molecule has 0 aromatic heterocycles. The van der Waals surface area contributed by atoms with Gasteiger partial charge in [0.2, 0.25) is 0 Å². The summed E-state index contributed by atoms with van der Waals surface area (Å²) in [7, 11) is 0. The molecule has 0 aliphatic rings. The van der Waals surface area contributed by atoms with E-state index in [4.69, 9.17) is 5.11 Å². The Morgan fingerprint density at radius 2 is 1.79 bits per heavy atom. The number of benzene rings is 1. The van der Waals surface area contributed by atoms with E-state index in [0.29, 0.717) is 5.57 Å². The minimum absolute atomic E-state index is 0.389. The van der Waals surface area contributed by atoms with Crippen LogP contribution >= 0.6 is 0 Å². The number of carbonyl (C=O) groups is 1. The van der Waals surface area contributed by atoms with Crippen LogP contribution in [0.3, 0.4) is 0 Å². The number of rotatable bonds is 1. The van der Waals surface area contributed by atoms with Crippen LogP contribution in [0.4, 0.5) is 0 Å². The highest BCUT2D eigenvalue weighted by atomic mass is 16.4. The Bertz CT molecular complexity index is 299. The maximum absolute atomic E-state index is 9.86. The molecule has 0 fully saturated rings. The number of aliphatic carboxylic acids is 1. The summed E-state index contributed by atoms with van der Waals surface area (Å²) in [5.41, 5.74) is 1.71. The molecule has 76 valence electrons. The highest BCUT2D eigenvalue weighted by Crippen LogP contribution is 1.92. The van der Waals surface area contributed by atoms with Crippen LogP contribution in [0.15, 0.2) is 42.0 Å². The fourth-order valence-electron chi connectivity index (χ4n) is 0.658. The van der Waals surface area contributed by atoms with Crippen molar-refractivity contribution in [2.24, 2.45) is 0 Å². The third kappa shape index (κ3) is 6.00. The molecule has 0 atom stereocenters. The zero-order chi connectivity index (χ0) is 11.0. The molecule has 2 nitrogen and oxygen atoms in total. The predicted octanol–water partition coefficient (Wildman–Crippen LogP) is 3.03. The summed E-state index contributed by atoms with van der Waals surface area (Å²) >= 11 is 0. The number of hydrogen-bond donors (Lipinski definition) is 1. The lowest BCUT2D eigenvalue weighted by molar-refractivity contribution is -0.132. The molecule has 0 aliphatic carbocycles. The Morgan fingerprint density at radius 3 is 1.93 bits per heavy atom. The molecule has 1 aromatic carbocycles. The van der Waals surface area contributed by atoms with Crippen LogP contribution in [-0.2, 0) is 4.79 Å². The van der Waals surface area contributed by atoms with Gasteiger partial charge in [-0.25, -0.2) is 4.79 Å². The Morgan fingerprint density at radius 1 is 1.29 bits per heavy atom. The second-order valence-corrected chi connectivity index (χ2v) is 2.93. The second kappa shape index (κ2) is 6.89. The molecule has 1 aromatic rings. The normalized spacial score (nSPS) is 10.1. The summed E-state index contributed by atoms with van der Waals surface area (Å²) in [5, 5.41) is 8.11. The Kier molecular flexibility index (Phi) is 6.12. The first kappa shape index (κ1) is 12.4. The van der Waals surface area contributed by atoms with Gasteiger partial charge in [0.15, 0.2) is 0 Å². The van der Waals surface area contributed by atoms with Gasteiger partial charge >= 0.3 is 5.97 Å². The zero-order valence-electron chi connectivity index (χ0n) is 8.82. The summed E-state index contributed by atoms with van der Waals surface area (Å²) in [6.07, 6.45) is 1.56. The van der Waals surface area contributed by atoms with Crippen LogP contribution in [0.5, 0.6) is 0 Å². The number of carboxylic acid groups (broad SMARTS) is 1. The minimum atomic E-state index is -0.845. The van der Waals surface area contributed by atoms with Crippen LogP contribution in [0.2, 0.25) is 0 Å². The van der Waals surface area contributed by atoms with Gasteiger partial charge in [-0.3, -0.25) is 0 Å². The molecule has 0 radical (unpaired) electrons. The van der Waals surface area contributed by atoms with E-state index in [1.807, 2.05) is 18.2 Å². The van der Waals surface area contributed by atoms with E-state index in [0.717, 1.165) is 0 Å². The van der Waals surface area contributed by atoms with Gasteiger partial charge < -0.3 is 5.11 Å². The van der Waals surface area contributed by atoms with Gasteiger partial charge in [0.05, 0.1) is 0 Å². The van der Waals surface area contributed by atoms with E-state index in [9.17, 15) is 4.79 Å². The summed E-state index contributed by atoms with van der Waals surface area (Å²) in [4.78, 5) is 9.86. The minimum Gasteiger partial charge on any atom is -0.478 e. The van der Waals surface area contributed by atoms with E-state index in [1.54, 1.807) is 19.9 Å². The van der Waals surface area contributed by atoms with Crippen molar-refractivity contribution in [2.45, 2.75) is 20.8 Å². The first-order chi connectivity index (χ1) is 6.57. The third-order valence-corrected chi connectivity index (χ3v) is 1.71. The molecule has 0 bridgehead atoms. The molecule has 0 saturated heterocycles. The topological polar surface area (TPSA) is 37.3 Å². The third-order valence-electron chi connectivity index (χ3n) is 1.71. The van der Waals surface area contributed by atoms with E-state index in [1.165, 1.54) is 5.56 Å². The molecule has 2 heteroatoms. The van der Waals surface area contributed by atoms with Crippen molar-refractivity contribution in [3.8, 4) is 0 Å². The van der Waals surface area contributed by atoms with Crippen molar-refractivity contribution in [3.63, 3.8) is 0 Å². The van der Waals surface area contributed by atoms with Crippen molar-refractivity contribution in [3.05, 3.63) is 47.5 Å². The summed E-state index contributed by atoms with van der Waals surface area (Å²) in [5.74, 6) is -0.845. The van der Waals surface area contributed by atoms with Gasteiger partial charge in [-0.1, -0.05) is 42.0 Å². The fourth-order valence-corrected chi connectivity index (χ4v) is 0.658. The van der Waals surface area contributed by atoms with Gasteiger partial charge in [0.25, 0.3) is 0 Å². The van der Waals surface area contributed by atoms with Crippen LogP contribution in [0.1, 0.15) is 19.4 Å². The average molecular weight is 192 g/mol. The SMILES string of the molecule is CC=C(C)C(=O)O.Cc1ccccc1. The van der Waals surface area contributed by atoms with Crippen LogP contribution in [0, 0.1) is 6.92 Å². The van der Waals surface area contributed by atoms with E-state index in [2.05, 4.69) is 19.1 Å². The number of allylic oxidation sites excluding steroid dienone is 1. The Labute approximate surface area is 84.9 Å². The number of carboxylic acids is 1. The van der Waals surface area contributed by atoms with Crippen molar-refractivity contribution in [1.82, 2.24) is 0 Å². The van der Waals surface area contributed by atoms with Crippen molar-refractivity contribution < 1.29 is 9.90 Å². The quantitative estimate of drug-likeness (QED) is 0.694. The predicted molar refractivity (Wildman–Crippen MR) is 58.2 cm³/mol.